The molecule has 2 fully saturated rings. The van der Waals surface area contributed by atoms with Crippen molar-refractivity contribution in [1.82, 2.24) is 23.1 Å². The van der Waals surface area contributed by atoms with E-state index < -0.39 is 20.0 Å². The van der Waals surface area contributed by atoms with Crippen LogP contribution in [-0.4, -0.2) is 46.5 Å². The fourth-order valence-corrected chi connectivity index (χ4v) is 8.15. The number of aryl methyl sites for hydroxylation is 1. The summed E-state index contributed by atoms with van der Waals surface area (Å²) in [4.78, 5) is 9.34. The maximum atomic E-state index is 13.4. The van der Waals surface area contributed by atoms with Gasteiger partial charge in [-0.2, -0.15) is 0 Å². The van der Waals surface area contributed by atoms with Gasteiger partial charge in [0, 0.05) is 18.2 Å². The van der Waals surface area contributed by atoms with E-state index >= 15 is 0 Å². The van der Waals surface area contributed by atoms with Crippen molar-refractivity contribution in [3.8, 4) is 0 Å². The smallest absolute Gasteiger partial charge is 0.269 e. The van der Waals surface area contributed by atoms with Crippen molar-refractivity contribution in [2.24, 2.45) is 5.92 Å². The van der Waals surface area contributed by atoms with Gasteiger partial charge in [-0.25, -0.2) is 35.5 Å². The van der Waals surface area contributed by atoms with Crippen LogP contribution < -0.4 is 4.72 Å². The number of hydrogen-bond acceptors (Lipinski definition) is 6. The van der Waals surface area contributed by atoms with E-state index in [0.717, 1.165) is 36.2 Å². The quantitative estimate of drug-likeness (QED) is 0.423. The molecule has 2 saturated carbocycles. The predicted octanol–water partition coefficient (Wildman–Crippen LogP) is 3.19. The van der Waals surface area contributed by atoms with Crippen molar-refractivity contribution in [2.45, 2.75) is 61.6 Å². The summed E-state index contributed by atoms with van der Waals surface area (Å²) in [6.07, 6.45) is 7.76. The summed E-state index contributed by atoms with van der Waals surface area (Å²) in [5.41, 5.74) is 2.73. The van der Waals surface area contributed by atoms with Gasteiger partial charge in [-0.1, -0.05) is 24.6 Å². The Kier molecular flexibility index (Phi) is 5.10. The van der Waals surface area contributed by atoms with E-state index in [9.17, 15) is 16.8 Å². The number of imidazole rings is 1. The van der Waals surface area contributed by atoms with Crippen LogP contribution in [0.2, 0.25) is 0 Å². The molecule has 2 aliphatic rings. The maximum Gasteiger partial charge on any atom is 0.269 e. The second kappa shape index (κ2) is 7.87. The Morgan fingerprint density at radius 2 is 1.69 bits per heavy atom. The van der Waals surface area contributed by atoms with E-state index in [1.54, 1.807) is 42.7 Å². The van der Waals surface area contributed by atoms with Gasteiger partial charge in [0.15, 0.2) is 5.65 Å². The summed E-state index contributed by atoms with van der Waals surface area (Å²) in [5.74, 6) is 1.06. The molecule has 184 valence electrons. The van der Waals surface area contributed by atoms with Gasteiger partial charge in [-0.3, -0.25) is 4.40 Å². The minimum Gasteiger partial charge on any atom is -0.291 e. The first kappa shape index (κ1) is 22.7. The molecule has 0 saturated heterocycles. The monoisotopic (exact) mass is 513 g/mol. The minimum atomic E-state index is -3.82. The molecular formula is C24H27N5O4S2. The summed E-state index contributed by atoms with van der Waals surface area (Å²) < 4.78 is 57.7. The summed E-state index contributed by atoms with van der Waals surface area (Å²) in [6.45, 7) is 4.02. The van der Waals surface area contributed by atoms with Gasteiger partial charge in [0.2, 0.25) is 10.0 Å². The number of nitrogens with one attached hydrogen (secondary N) is 1. The van der Waals surface area contributed by atoms with Crippen LogP contribution >= 0.6 is 0 Å². The van der Waals surface area contributed by atoms with E-state index in [-0.39, 0.29) is 28.0 Å². The van der Waals surface area contributed by atoms with Gasteiger partial charge in [0.1, 0.15) is 5.82 Å². The molecule has 3 atom stereocenters. The summed E-state index contributed by atoms with van der Waals surface area (Å²) in [7, 11) is -7.08. The number of benzene rings is 1. The Morgan fingerprint density at radius 1 is 0.971 bits per heavy atom. The standard InChI is InChI=1S/C24H27N5O4S2/c1-15-3-5-20(6-4-15)35(32,33)28-10-9-22-24(28)26-14-18-13-25-23(29(18)22)21-12-17(11-16(21)2)27-34(30,31)19-7-8-19/h3-6,9-10,13-14,16-17,19,21,27H,7-8,11-12H2,1-2H3/t16-,17+,21+/m1/s1. The molecule has 3 heterocycles. The van der Waals surface area contributed by atoms with Crippen LogP contribution in [0.4, 0.5) is 0 Å². The first-order chi connectivity index (χ1) is 16.6. The van der Waals surface area contributed by atoms with Crippen LogP contribution in [-0.2, 0) is 20.0 Å². The Morgan fingerprint density at radius 3 is 2.40 bits per heavy atom. The summed E-state index contributed by atoms with van der Waals surface area (Å²) in [5, 5.41) is -0.245. The maximum absolute atomic E-state index is 13.4. The average Bonchev–Trinajstić information content (AvgIpc) is 3.30. The Bertz CT molecular complexity index is 1650. The molecule has 0 radical (unpaired) electrons. The molecule has 0 unspecified atom stereocenters. The third kappa shape index (κ3) is 3.76. The highest BCUT2D eigenvalue weighted by molar-refractivity contribution is 7.90. The third-order valence-electron chi connectivity index (χ3n) is 7.27. The van der Waals surface area contributed by atoms with Crippen molar-refractivity contribution in [3.05, 3.63) is 60.3 Å². The van der Waals surface area contributed by atoms with Crippen molar-refractivity contribution >= 4 is 36.7 Å². The second-order valence-electron chi connectivity index (χ2n) is 9.89. The predicted molar refractivity (Wildman–Crippen MR) is 132 cm³/mol. The van der Waals surface area contributed by atoms with E-state index in [4.69, 9.17) is 0 Å². The molecule has 1 aromatic carbocycles. The highest BCUT2D eigenvalue weighted by Crippen LogP contribution is 2.41. The highest BCUT2D eigenvalue weighted by Gasteiger charge is 2.41. The van der Waals surface area contributed by atoms with Gasteiger partial charge >= 0.3 is 0 Å². The zero-order valence-corrected chi connectivity index (χ0v) is 21.1. The molecule has 0 spiro atoms. The molecule has 0 aliphatic heterocycles. The van der Waals surface area contributed by atoms with E-state index in [0.29, 0.717) is 17.6 Å². The molecule has 1 N–H and O–H groups in total. The number of sulfonamides is 1. The van der Waals surface area contributed by atoms with Gasteiger partial charge in [-0.05, 0) is 56.7 Å². The zero-order chi connectivity index (χ0) is 24.5. The van der Waals surface area contributed by atoms with E-state index in [2.05, 4.69) is 21.6 Å². The molecule has 2 aliphatic carbocycles. The van der Waals surface area contributed by atoms with Crippen LogP contribution in [0, 0.1) is 12.8 Å². The van der Waals surface area contributed by atoms with E-state index in [1.807, 2.05) is 11.3 Å². The topological polar surface area (TPSA) is 115 Å². The zero-order valence-electron chi connectivity index (χ0n) is 19.5. The average molecular weight is 514 g/mol. The number of aromatic nitrogens is 4. The lowest BCUT2D eigenvalue weighted by molar-refractivity contribution is 0.507. The molecule has 0 amide bonds. The summed E-state index contributed by atoms with van der Waals surface area (Å²) in [6, 6.07) is 8.36. The third-order valence-corrected chi connectivity index (χ3v) is 11.0. The normalized spacial score (nSPS) is 23.4. The molecular weight excluding hydrogens is 486 g/mol. The molecule has 11 heteroatoms. The fourth-order valence-electron chi connectivity index (χ4n) is 5.25. The largest absolute Gasteiger partial charge is 0.291 e. The van der Waals surface area contributed by atoms with Gasteiger partial charge in [-0.15, -0.1) is 0 Å². The van der Waals surface area contributed by atoms with Crippen LogP contribution in [0.15, 0.2) is 53.8 Å². The highest BCUT2D eigenvalue weighted by atomic mass is 32.2. The molecule has 0 bridgehead atoms. The van der Waals surface area contributed by atoms with Gasteiger partial charge < -0.3 is 0 Å². The fraction of sp³-hybridized carbons (Fsp3) is 0.417. The lowest BCUT2D eigenvalue weighted by Gasteiger charge is -2.15. The Hall–Kier alpha value is -2.76. The second-order valence-corrected chi connectivity index (χ2v) is 13.7. The summed E-state index contributed by atoms with van der Waals surface area (Å²) >= 11 is 0. The minimum absolute atomic E-state index is 0.0343. The molecule has 9 nitrogen and oxygen atoms in total. The number of rotatable bonds is 6. The van der Waals surface area contributed by atoms with Crippen LogP contribution in [0.5, 0.6) is 0 Å². The molecule has 3 aromatic heterocycles. The Labute approximate surface area is 204 Å². The first-order valence-corrected chi connectivity index (χ1v) is 14.8. The SMILES string of the molecule is Cc1ccc(S(=O)(=O)n2ccc3c2ncc2cnc([C@H]4C[C@@H](NS(=O)(=O)C5CC5)C[C@H]4C)n23)cc1. The van der Waals surface area contributed by atoms with Crippen molar-refractivity contribution < 1.29 is 16.8 Å². The van der Waals surface area contributed by atoms with Crippen LogP contribution in [0.25, 0.3) is 16.7 Å². The Balaban J connectivity index is 1.39. The van der Waals surface area contributed by atoms with Crippen LogP contribution in [0.1, 0.15) is 49.9 Å². The molecule has 35 heavy (non-hydrogen) atoms. The van der Waals surface area contributed by atoms with Crippen molar-refractivity contribution in [2.75, 3.05) is 0 Å². The lowest BCUT2D eigenvalue weighted by Crippen LogP contribution is -2.35. The number of hydrogen-bond donors (Lipinski definition) is 1. The number of fused-ring (bicyclic) bond motifs is 3. The van der Waals surface area contributed by atoms with Gasteiger partial charge in [0.05, 0.1) is 33.6 Å². The molecule has 4 aromatic rings. The van der Waals surface area contributed by atoms with E-state index in [1.165, 1.54) is 10.2 Å². The van der Waals surface area contributed by atoms with Crippen LogP contribution in [0.3, 0.4) is 0 Å². The molecule has 6 rings (SSSR count). The van der Waals surface area contributed by atoms with Gasteiger partial charge in [0.25, 0.3) is 10.0 Å². The first-order valence-electron chi connectivity index (χ1n) is 11.8. The number of nitrogens with zero attached hydrogens (tertiary/aromatic N) is 4. The van der Waals surface area contributed by atoms with Crippen molar-refractivity contribution in [3.63, 3.8) is 0 Å². The van der Waals surface area contributed by atoms with Crippen molar-refractivity contribution in [1.29, 1.82) is 0 Å². The lowest BCUT2D eigenvalue weighted by atomic mass is 9.97.